The Balaban J connectivity index is 1.65. The fourth-order valence-electron chi connectivity index (χ4n) is 3.42. The van der Waals surface area contributed by atoms with Crippen molar-refractivity contribution in [2.75, 3.05) is 6.61 Å². The number of aryl methyl sites for hydroxylation is 1. The molecule has 26 heavy (non-hydrogen) atoms. The molecular weight excluding hydrogens is 320 g/mol. The number of rotatable bonds is 14. The lowest BCUT2D eigenvalue weighted by Gasteiger charge is -2.06. The van der Waals surface area contributed by atoms with Crippen molar-refractivity contribution < 1.29 is 9.30 Å². The fraction of sp³-hybridized carbons (Fsp3) is 0.609. The average molecular weight is 358 g/mol. The van der Waals surface area contributed by atoms with E-state index in [4.69, 9.17) is 4.74 Å². The molecule has 0 spiro atoms. The summed E-state index contributed by atoms with van der Waals surface area (Å²) in [5, 5.41) is 0. The van der Waals surface area contributed by atoms with Gasteiger partial charge < -0.3 is 4.74 Å². The highest BCUT2D eigenvalue weighted by Gasteiger charge is 2.17. The normalized spacial score (nSPS) is 11.2. The molecule has 3 heteroatoms. The van der Waals surface area contributed by atoms with Gasteiger partial charge in [-0.25, -0.2) is 9.13 Å². The van der Waals surface area contributed by atoms with Gasteiger partial charge in [-0.2, -0.15) is 0 Å². The van der Waals surface area contributed by atoms with E-state index >= 15 is 0 Å². The monoisotopic (exact) mass is 357 g/mol. The molecule has 0 aliphatic rings. The minimum atomic E-state index is 0.633. The van der Waals surface area contributed by atoms with Crippen LogP contribution in [0.4, 0.5) is 0 Å². The summed E-state index contributed by atoms with van der Waals surface area (Å²) in [5.41, 5.74) is 1.24. The molecule has 0 saturated carbocycles. The molecule has 0 amide bonds. The van der Waals surface area contributed by atoms with E-state index in [1.54, 1.807) is 0 Å². The largest absolute Gasteiger partial charge is 0.342 e. The van der Waals surface area contributed by atoms with Gasteiger partial charge >= 0.3 is 0 Å². The lowest BCUT2D eigenvalue weighted by atomic mass is 10.1. The number of hydrogen-bond donors (Lipinski definition) is 0. The lowest BCUT2D eigenvalue weighted by molar-refractivity contribution is -0.722. The van der Waals surface area contributed by atoms with E-state index in [-0.39, 0.29) is 0 Å². The molecule has 1 heterocycles. The summed E-state index contributed by atoms with van der Waals surface area (Å²) in [5.74, 6) is 1.22. The first-order valence-corrected chi connectivity index (χ1v) is 10.6. The first-order chi connectivity index (χ1) is 12.9. The second kappa shape index (κ2) is 12.7. The maximum atomic E-state index is 5.95. The maximum Gasteiger partial charge on any atom is 0.290 e. The van der Waals surface area contributed by atoms with Crippen LogP contribution in [0.3, 0.4) is 0 Å². The Hall–Kier alpha value is -1.61. The van der Waals surface area contributed by atoms with Crippen LogP contribution in [0.5, 0.6) is 0 Å². The summed E-state index contributed by atoms with van der Waals surface area (Å²) in [6.45, 7) is 6.91. The maximum absolute atomic E-state index is 5.95. The fourth-order valence-corrected chi connectivity index (χ4v) is 3.42. The van der Waals surface area contributed by atoms with Gasteiger partial charge in [-0.3, -0.25) is 0 Å². The van der Waals surface area contributed by atoms with Crippen LogP contribution in [-0.2, 0) is 18.0 Å². The van der Waals surface area contributed by atoms with Gasteiger partial charge in [0.05, 0.1) is 18.7 Å². The summed E-state index contributed by atoms with van der Waals surface area (Å²) in [7, 11) is 0. The van der Waals surface area contributed by atoms with Crippen molar-refractivity contribution in [3.63, 3.8) is 0 Å². The number of nitrogens with zero attached hydrogens (tertiary/aromatic N) is 2. The van der Waals surface area contributed by atoms with Crippen molar-refractivity contribution in [2.45, 2.75) is 84.9 Å². The van der Waals surface area contributed by atoms with Crippen LogP contribution in [0.1, 0.15) is 71.6 Å². The van der Waals surface area contributed by atoms with Crippen molar-refractivity contribution in [3.8, 4) is 11.4 Å². The molecule has 1 aromatic carbocycles. The Morgan fingerprint density at radius 2 is 1.50 bits per heavy atom. The summed E-state index contributed by atoms with van der Waals surface area (Å²) in [4.78, 5) is 0. The highest BCUT2D eigenvalue weighted by atomic mass is 16.5. The van der Waals surface area contributed by atoms with Gasteiger partial charge in [-0.05, 0) is 25.5 Å². The summed E-state index contributed by atoms with van der Waals surface area (Å²) >= 11 is 0. The van der Waals surface area contributed by atoms with E-state index in [0.717, 1.165) is 13.2 Å². The molecule has 1 aromatic heterocycles. The third-order valence-corrected chi connectivity index (χ3v) is 4.97. The number of benzene rings is 1. The molecule has 0 unspecified atom stereocenters. The van der Waals surface area contributed by atoms with Crippen LogP contribution in [0.15, 0.2) is 42.7 Å². The topological polar surface area (TPSA) is 18.0 Å². The second-order valence-electron chi connectivity index (χ2n) is 7.11. The zero-order chi connectivity index (χ0) is 18.5. The highest BCUT2D eigenvalue weighted by Crippen LogP contribution is 2.15. The number of unbranched alkanes of at least 4 members (excludes halogenated alkanes) is 8. The second-order valence-corrected chi connectivity index (χ2v) is 7.11. The molecule has 2 aromatic rings. The molecule has 2 rings (SSSR count). The number of aromatic nitrogens is 2. The summed E-state index contributed by atoms with van der Waals surface area (Å²) in [6.07, 6.45) is 16.4. The molecule has 0 saturated heterocycles. The van der Waals surface area contributed by atoms with Crippen LogP contribution in [-0.4, -0.2) is 11.2 Å². The highest BCUT2D eigenvalue weighted by molar-refractivity contribution is 5.52. The van der Waals surface area contributed by atoms with Crippen molar-refractivity contribution in [1.82, 2.24) is 4.57 Å². The quantitative estimate of drug-likeness (QED) is 0.301. The first kappa shape index (κ1) is 20.7. The van der Waals surface area contributed by atoms with Gasteiger partial charge in [0.2, 0.25) is 0 Å². The Morgan fingerprint density at radius 3 is 2.15 bits per heavy atom. The van der Waals surface area contributed by atoms with Gasteiger partial charge in [0.15, 0.2) is 6.73 Å². The van der Waals surface area contributed by atoms with Crippen molar-refractivity contribution in [3.05, 3.63) is 42.7 Å². The minimum absolute atomic E-state index is 0.633. The molecule has 0 atom stereocenters. The smallest absolute Gasteiger partial charge is 0.290 e. The first-order valence-electron chi connectivity index (χ1n) is 10.6. The van der Waals surface area contributed by atoms with Gasteiger partial charge in [-0.1, -0.05) is 76.5 Å². The molecule has 144 valence electrons. The molecule has 0 aliphatic heterocycles. The Kier molecular flexibility index (Phi) is 10.1. The van der Waals surface area contributed by atoms with Crippen molar-refractivity contribution in [2.24, 2.45) is 0 Å². The SMILES string of the molecule is CCCCCCCCCCCOC[n+]1ccn(CC)c1-c1ccccc1. The molecule has 0 fully saturated rings. The third kappa shape index (κ3) is 6.95. The van der Waals surface area contributed by atoms with E-state index in [1.807, 2.05) is 0 Å². The number of imidazole rings is 1. The molecule has 0 aliphatic carbocycles. The Morgan fingerprint density at radius 1 is 0.846 bits per heavy atom. The Bertz CT molecular complexity index is 592. The zero-order valence-electron chi connectivity index (χ0n) is 16.8. The third-order valence-electron chi connectivity index (χ3n) is 4.97. The molecule has 3 nitrogen and oxygen atoms in total. The van der Waals surface area contributed by atoms with E-state index < -0.39 is 0 Å². The molecule has 0 N–H and O–H groups in total. The number of ether oxygens (including phenoxy) is 1. The van der Waals surface area contributed by atoms with E-state index in [9.17, 15) is 0 Å². The van der Waals surface area contributed by atoms with Gasteiger partial charge in [-0.15, -0.1) is 0 Å². The summed E-state index contributed by atoms with van der Waals surface area (Å²) in [6, 6.07) is 10.6. The van der Waals surface area contributed by atoms with E-state index in [2.05, 4.69) is 65.7 Å². The lowest BCUT2D eigenvalue weighted by Crippen LogP contribution is -2.36. The minimum Gasteiger partial charge on any atom is -0.342 e. The van der Waals surface area contributed by atoms with Crippen molar-refractivity contribution >= 4 is 0 Å². The van der Waals surface area contributed by atoms with Crippen LogP contribution < -0.4 is 4.57 Å². The van der Waals surface area contributed by atoms with E-state index in [0.29, 0.717) is 6.73 Å². The predicted molar refractivity (Wildman–Crippen MR) is 109 cm³/mol. The van der Waals surface area contributed by atoms with Gasteiger partial charge in [0, 0.05) is 0 Å². The molecule has 0 bridgehead atoms. The van der Waals surface area contributed by atoms with Crippen LogP contribution in [0.25, 0.3) is 11.4 Å². The molecular formula is C23H37N2O+. The number of hydrogen-bond acceptors (Lipinski definition) is 1. The summed E-state index contributed by atoms with van der Waals surface area (Å²) < 4.78 is 10.4. The van der Waals surface area contributed by atoms with Crippen molar-refractivity contribution in [1.29, 1.82) is 0 Å². The predicted octanol–water partition coefficient (Wildman–Crippen LogP) is 5.97. The average Bonchev–Trinajstić information content (AvgIpc) is 3.09. The van der Waals surface area contributed by atoms with Crippen LogP contribution in [0.2, 0.25) is 0 Å². The van der Waals surface area contributed by atoms with E-state index in [1.165, 1.54) is 69.2 Å². The van der Waals surface area contributed by atoms with Crippen LogP contribution in [0, 0.1) is 0 Å². The molecule has 0 radical (unpaired) electrons. The standard InChI is InChI=1S/C23H37N2O/c1-3-5-6-7-8-9-10-11-15-20-26-21-25-19-18-24(4-2)23(25)22-16-13-12-14-17-22/h12-14,16-19H,3-11,15,20-21H2,1-2H3/q+1. The van der Waals surface area contributed by atoms with Gasteiger partial charge in [0.1, 0.15) is 12.4 Å². The zero-order valence-corrected chi connectivity index (χ0v) is 16.8. The van der Waals surface area contributed by atoms with Crippen LogP contribution >= 0.6 is 0 Å². The Labute approximate surface area is 160 Å². The van der Waals surface area contributed by atoms with Gasteiger partial charge in [0.25, 0.3) is 5.82 Å².